The third-order valence-electron chi connectivity index (χ3n) is 2.03. The summed E-state index contributed by atoms with van der Waals surface area (Å²) >= 11 is 0. The molecule has 0 saturated heterocycles. The Morgan fingerprint density at radius 2 is 2.41 bits per heavy atom. The Balaban J connectivity index is 2.19. The molecule has 17 heavy (non-hydrogen) atoms. The summed E-state index contributed by atoms with van der Waals surface area (Å²) in [5.41, 5.74) is 5.90. The molecule has 3 N–H and O–H groups in total. The van der Waals surface area contributed by atoms with Crippen LogP contribution in [0.1, 0.15) is 5.56 Å². The molecule has 0 atom stereocenters. The predicted molar refractivity (Wildman–Crippen MR) is 62.5 cm³/mol. The van der Waals surface area contributed by atoms with E-state index in [1.165, 1.54) is 0 Å². The van der Waals surface area contributed by atoms with Crippen molar-refractivity contribution in [1.82, 2.24) is 10.3 Å². The van der Waals surface area contributed by atoms with Gasteiger partial charge >= 0.3 is 0 Å². The summed E-state index contributed by atoms with van der Waals surface area (Å²) in [6.07, 6.45) is 1.68. The molecule has 1 aromatic heterocycles. The van der Waals surface area contributed by atoms with E-state index in [9.17, 15) is 4.79 Å². The average molecular weight is 239 g/mol. The van der Waals surface area contributed by atoms with Crippen molar-refractivity contribution in [2.45, 2.75) is 6.54 Å². The van der Waals surface area contributed by atoms with Crippen LogP contribution in [-0.4, -0.2) is 37.8 Å². The van der Waals surface area contributed by atoms with Gasteiger partial charge in [-0.05, 0) is 6.07 Å². The number of carbonyl (C=O) groups is 1. The van der Waals surface area contributed by atoms with Gasteiger partial charge in [-0.1, -0.05) is 6.07 Å². The van der Waals surface area contributed by atoms with Gasteiger partial charge in [-0.25, -0.2) is 4.98 Å². The van der Waals surface area contributed by atoms with Gasteiger partial charge in [-0.15, -0.1) is 0 Å². The number of aromatic nitrogens is 1. The van der Waals surface area contributed by atoms with Gasteiger partial charge in [0.05, 0.1) is 13.7 Å². The van der Waals surface area contributed by atoms with Crippen LogP contribution in [0.15, 0.2) is 18.3 Å². The van der Waals surface area contributed by atoms with Gasteiger partial charge in [0.2, 0.25) is 11.8 Å². The molecule has 1 amide bonds. The van der Waals surface area contributed by atoms with Crippen molar-refractivity contribution in [1.29, 1.82) is 0 Å². The zero-order valence-corrected chi connectivity index (χ0v) is 9.81. The highest BCUT2D eigenvalue weighted by molar-refractivity contribution is 5.74. The Kier molecular flexibility index (Phi) is 5.98. The number of amides is 1. The second-order valence-corrected chi connectivity index (χ2v) is 3.37. The molecular formula is C11H17N3O3. The van der Waals surface area contributed by atoms with Gasteiger partial charge in [0.1, 0.15) is 6.61 Å². The molecule has 6 nitrogen and oxygen atoms in total. The number of carbonyl (C=O) groups excluding carboxylic acids is 1. The Bertz CT molecular complexity index is 358. The Hall–Kier alpha value is -1.66. The van der Waals surface area contributed by atoms with Crippen molar-refractivity contribution < 1.29 is 14.3 Å². The molecule has 0 fully saturated rings. The van der Waals surface area contributed by atoms with Gasteiger partial charge in [0, 0.05) is 24.8 Å². The van der Waals surface area contributed by atoms with Crippen LogP contribution in [-0.2, 0) is 16.1 Å². The van der Waals surface area contributed by atoms with E-state index in [2.05, 4.69) is 10.3 Å². The molecule has 0 aliphatic heterocycles. The van der Waals surface area contributed by atoms with Crippen LogP contribution >= 0.6 is 0 Å². The molecule has 1 heterocycles. The number of ether oxygens (including phenoxy) is 2. The van der Waals surface area contributed by atoms with E-state index >= 15 is 0 Å². The highest BCUT2D eigenvalue weighted by Gasteiger charge is 2.01. The van der Waals surface area contributed by atoms with Gasteiger partial charge in [0.15, 0.2) is 0 Å². The van der Waals surface area contributed by atoms with Crippen molar-refractivity contribution in [3.63, 3.8) is 0 Å². The lowest BCUT2D eigenvalue weighted by Gasteiger charge is -2.08. The van der Waals surface area contributed by atoms with Crippen molar-refractivity contribution in [2.75, 3.05) is 26.9 Å². The third-order valence-corrected chi connectivity index (χ3v) is 2.03. The standard InChI is InChI=1S/C11H17N3O3/c1-16-11-9(3-2-4-14-11)7-13-5-6-17-8-10(12)15/h2-4,13H,5-8H2,1H3,(H2,12,15). The smallest absolute Gasteiger partial charge is 0.243 e. The molecule has 0 bridgehead atoms. The van der Waals surface area contributed by atoms with Crippen LogP contribution in [0.2, 0.25) is 0 Å². The number of nitrogens with one attached hydrogen (secondary N) is 1. The van der Waals surface area contributed by atoms with Crippen LogP contribution in [0.4, 0.5) is 0 Å². The minimum atomic E-state index is -0.459. The first-order valence-corrected chi connectivity index (χ1v) is 5.28. The Labute approximate surface area is 100 Å². The summed E-state index contributed by atoms with van der Waals surface area (Å²) in [5, 5.41) is 3.15. The van der Waals surface area contributed by atoms with Crippen LogP contribution in [0.3, 0.4) is 0 Å². The number of nitrogens with two attached hydrogens (primary N) is 1. The van der Waals surface area contributed by atoms with Crippen LogP contribution in [0.25, 0.3) is 0 Å². The fourth-order valence-electron chi connectivity index (χ4n) is 1.28. The molecule has 0 aromatic carbocycles. The van der Waals surface area contributed by atoms with E-state index in [1.807, 2.05) is 12.1 Å². The van der Waals surface area contributed by atoms with Gasteiger partial charge in [-0.2, -0.15) is 0 Å². The van der Waals surface area contributed by atoms with Gasteiger partial charge in [0.25, 0.3) is 0 Å². The Morgan fingerprint density at radius 1 is 1.59 bits per heavy atom. The van der Waals surface area contributed by atoms with Crippen molar-refractivity contribution in [3.8, 4) is 5.88 Å². The van der Waals surface area contributed by atoms with Crippen LogP contribution in [0.5, 0.6) is 5.88 Å². The molecule has 1 rings (SSSR count). The first-order valence-electron chi connectivity index (χ1n) is 5.28. The monoisotopic (exact) mass is 239 g/mol. The van der Waals surface area contributed by atoms with Crippen molar-refractivity contribution in [3.05, 3.63) is 23.9 Å². The quantitative estimate of drug-likeness (QED) is 0.607. The van der Waals surface area contributed by atoms with E-state index in [4.69, 9.17) is 15.2 Å². The number of primary amides is 1. The largest absolute Gasteiger partial charge is 0.481 e. The van der Waals surface area contributed by atoms with E-state index in [0.717, 1.165) is 5.56 Å². The first-order chi connectivity index (χ1) is 8.24. The summed E-state index contributed by atoms with van der Waals surface area (Å²) in [7, 11) is 1.59. The number of nitrogens with zero attached hydrogens (tertiary/aromatic N) is 1. The number of hydrogen-bond acceptors (Lipinski definition) is 5. The minimum absolute atomic E-state index is 0.0438. The summed E-state index contributed by atoms with van der Waals surface area (Å²) in [6, 6.07) is 3.78. The lowest BCUT2D eigenvalue weighted by Crippen LogP contribution is -2.24. The van der Waals surface area contributed by atoms with Crippen molar-refractivity contribution in [2.24, 2.45) is 5.73 Å². The van der Waals surface area contributed by atoms with E-state index in [0.29, 0.717) is 25.6 Å². The first kappa shape index (κ1) is 13.4. The highest BCUT2D eigenvalue weighted by Crippen LogP contribution is 2.12. The second-order valence-electron chi connectivity index (χ2n) is 3.37. The van der Waals surface area contributed by atoms with E-state index < -0.39 is 5.91 Å². The number of pyridine rings is 1. The fourth-order valence-corrected chi connectivity index (χ4v) is 1.28. The number of rotatable bonds is 8. The maximum Gasteiger partial charge on any atom is 0.243 e. The number of methoxy groups -OCH3 is 1. The lowest BCUT2D eigenvalue weighted by atomic mass is 10.2. The topological polar surface area (TPSA) is 86.5 Å². The maximum atomic E-state index is 10.4. The summed E-state index contributed by atoms with van der Waals surface area (Å²) in [6.45, 7) is 1.66. The van der Waals surface area contributed by atoms with Crippen LogP contribution in [0, 0.1) is 0 Å². The lowest BCUT2D eigenvalue weighted by molar-refractivity contribution is -0.122. The zero-order chi connectivity index (χ0) is 12.5. The number of hydrogen-bond donors (Lipinski definition) is 2. The molecule has 0 spiro atoms. The van der Waals surface area contributed by atoms with E-state index in [-0.39, 0.29) is 6.61 Å². The molecule has 0 unspecified atom stereocenters. The molecule has 0 aliphatic rings. The molecule has 0 radical (unpaired) electrons. The normalized spacial score (nSPS) is 10.2. The predicted octanol–water partition coefficient (Wildman–Crippen LogP) is -0.318. The van der Waals surface area contributed by atoms with Crippen molar-refractivity contribution >= 4 is 5.91 Å². The molecular weight excluding hydrogens is 222 g/mol. The molecule has 0 aliphatic carbocycles. The summed E-state index contributed by atoms with van der Waals surface area (Å²) in [5.74, 6) is 0.150. The van der Waals surface area contributed by atoms with Crippen LogP contribution < -0.4 is 15.8 Å². The molecule has 1 aromatic rings. The fraction of sp³-hybridized carbons (Fsp3) is 0.455. The molecule has 0 saturated carbocycles. The summed E-state index contributed by atoms with van der Waals surface area (Å²) < 4.78 is 10.1. The van der Waals surface area contributed by atoms with E-state index in [1.54, 1.807) is 13.3 Å². The summed E-state index contributed by atoms with van der Waals surface area (Å²) in [4.78, 5) is 14.5. The minimum Gasteiger partial charge on any atom is -0.481 e. The SMILES string of the molecule is COc1ncccc1CNCCOCC(N)=O. The second kappa shape index (κ2) is 7.59. The maximum absolute atomic E-state index is 10.4. The molecule has 6 heteroatoms. The third kappa shape index (κ3) is 5.28. The van der Waals surface area contributed by atoms with Gasteiger partial charge in [-0.3, -0.25) is 4.79 Å². The zero-order valence-electron chi connectivity index (χ0n) is 9.81. The average Bonchev–Trinajstić information content (AvgIpc) is 2.33. The highest BCUT2D eigenvalue weighted by atomic mass is 16.5. The molecule has 94 valence electrons. The Morgan fingerprint density at radius 3 is 3.12 bits per heavy atom. The van der Waals surface area contributed by atoms with Gasteiger partial charge < -0.3 is 20.5 Å².